The fourth-order valence-electron chi connectivity index (χ4n) is 1.41. The van der Waals surface area contributed by atoms with E-state index in [4.69, 9.17) is 11.6 Å². The number of benzene rings is 1. The highest BCUT2D eigenvalue weighted by Gasteiger charge is 2.08. The first-order valence-corrected chi connectivity index (χ1v) is 6.51. The quantitative estimate of drug-likeness (QED) is 0.813. The van der Waals surface area contributed by atoms with Gasteiger partial charge in [0.2, 0.25) is 0 Å². The van der Waals surface area contributed by atoms with Crippen LogP contribution in [0.2, 0.25) is 5.15 Å². The van der Waals surface area contributed by atoms with Crippen LogP contribution in [0.1, 0.15) is 17.0 Å². The Morgan fingerprint density at radius 1 is 1.06 bits per heavy atom. The van der Waals surface area contributed by atoms with Gasteiger partial charge in [0.05, 0.1) is 11.4 Å². The first-order chi connectivity index (χ1) is 8.06. The Hall–Kier alpha value is -1.06. The van der Waals surface area contributed by atoms with E-state index in [9.17, 15) is 0 Å². The van der Waals surface area contributed by atoms with E-state index in [-0.39, 0.29) is 0 Å². The molecule has 0 radical (unpaired) electrons. The number of aromatic nitrogens is 2. The fraction of sp³-hybridized carbons (Fsp3) is 0.231. The maximum atomic E-state index is 6.10. The van der Waals surface area contributed by atoms with Crippen LogP contribution < -0.4 is 0 Å². The number of aryl methyl sites for hydroxylation is 3. The van der Waals surface area contributed by atoms with Gasteiger partial charge >= 0.3 is 0 Å². The SMILES string of the molecule is Cc1cccc(Sc2nc(C)c(C)nc2Cl)c1. The molecular weight excluding hydrogens is 252 g/mol. The lowest BCUT2D eigenvalue weighted by Gasteiger charge is -2.06. The van der Waals surface area contributed by atoms with Crippen molar-refractivity contribution in [3.63, 3.8) is 0 Å². The molecule has 2 aromatic rings. The van der Waals surface area contributed by atoms with Gasteiger partial charge in [-0.2, -0.15) is 0 Å². The van der Waals surface area contributed by atoms with Gasteiger partial charge in [0, 0.05) is 4.90 Å². The largest absolute Gasteiger partial charge is 0.241 e. The summed E-state index contributed by atoms with van der Waals surface area (Å²) in [5.74, 6) is 0. The van der Waals surface area contributed by atoms with Crippen LogP contribution in [0, 0.1) is 20.8 Å². The third-order valence-corrected chi connectivity index (χ3v) is 3.78. The van der Waals surface area contributed by atoms with Crippen molar-refractivity contribution in [3.05, 3.63) is 46.4 Å². The van der Waals surface area contributed by atoms with Crippen LogP contribution in [0.4, 0.5) is 0 Å². The zero-order valence-corrected chi connectivity index (χ0v) is 11.6. The lowest BCUT2D eigenvalue weighted by molar-refractivity contribution is 0.957. The molecule has 0 unspecified atom stereocenters. The van der Waals surface area contributed by atoms with Crippen molar-refractivity contribution in [2.45, 2.75) is 30.7 Å². The van der Waals surface area contributed by atoms with Crippen LogP contribution in [0.15, 0.2) is 34.2 Å². The van der Waals surface area contributed by atoms with Gasteiger partial charge in [-0.3, -0.25) is 0 Å². The maximum Gasteiger partial charge on any atom is 0.161 e. The van der Waals surface area contributed by atoms with Gasteiger partial charge in [0.15, 0.2) is 5.15 Å². The van der Waals surface area contributed by atoms with Crippen molar-refractivity contribution in [1.82, 2.24) is 9.97 Å². The van der Waals surface area contributed by atoms with Crippen molar-refractivity contribution in [1.29, 1.82) is 0 Å². The second-order valence-corrected chi connectivity index (χ2v) is 5.33. The molecule has 0 aliphatic carbocycles. The molecule has 0 saturated carbocycles. The second-order valence-electron chi connectivity index (χ2n) is 3.91. The van der Waals surface area contributed by atoms with Crippen LogP contribution in [-0.2, 0) is 0 Å². The molecule has 0 N–H and O–H groups in total. The van der Waals surface area contributed by atoms with E-state index < -0.39 is 0 Å². The fourth-order valence-corrected chi connectivity index (χ4v) is 2.62. The van der Waals surface area contributed by atoms with Gasteiger partial charge in [-0.1, -0.05) is 41.1 Å². The molecule has 0 bridgehead atoms. The summed E-state index contributed by atoms with van der Waals surface area (Å²) in [6.07, 6.45) is 0. The summed E-state index contributed by atoms with van der Waals surface area (Å²) >= 11 is 7.64. The van der Waals surface area contributed by atoms with E-state index in [0.29, 0.717) is 5.15 Å². The van der Waals surface area contributed by atoms with E-state index in [0.717, 1.165) is 21.3 Å². The molecule has 0 aliphatic heterocycles. The van der Waals surface area contributed by atoms with Gasteiger partial charge in [-0.15, -0.1) is 0 Å². The first kappa shape index (κ1) is 12.4. The molecule has 0 fully saturated rings. The van der Waals surface area contributed by atoms with Gasteiger partial charge in [0.1, 0.15) is 5.03 Å². The number of hydrogen-bond donors (Lipinski definition) is 0. The predicted octanol–water partition coefficient (Wildman–Crippen LogP) is 4.21. The highest BCUT2D eigenvalue weighted by molar-refractivity contribution is 7.99. The van der Waals surface area contributed by atoms with Crippen LogP contribution in [0.25, 0.3) is 0 Å². The smallest absolute Gasteiger partial charge is 0.161 e. The summed E-state index contributed by atoms with van der Waals surface area (Å²) < 4.78 is 0. The predicted molar refractivity (Wildman–Crippen MR) is 71.8 cm³/mol. The second kappa shape index (κ2) is 5.07. The summed E-state index contributed by atoms with van der Waals surface area (Å²) in [6, 6.07) is 8.25. The van der Waals surface area contributed by atoms with Gasteiger partial charge < -0.3 is 0 Å². The molecule has 1 aromatic heterocycles. The van der Waals surface area contributed by atoms with E-state index in [1.807, 2.05) is 26.0 Å². The zero-order valence-electron chi connectivity index (χ0n) is 9.99. The maximum absolute atomic E-state index is 6.10. The molecule has 1 heterocycles. The molecule has 0 amide bonds. The van der Waals surface area contributed by atoms with Crippen LogP contribution in [0.3, 0.4) is 0 Å². The normalized spacial score (nSPS) is 10.6. The van der Waals surface area contributed by atoms with E-state index >= 15 is 0 Å². The Labute approximate surface area is 110 Å². The van der Waals surface area contributed by atoms with E-state index in [1.54, 1.807) is 11.8 Å². The third kappa shape index (κ3) is 2.99. The molecule has 0 atom stereocenters. The van der Waals surface area contributed by atoms with Gasteiger partial charge in [-0.25, -0.2) is 9.97 Å². The average Bonchev–Trinajstić information content (AvgIpc) is 2.26. The van der Waals surface area contributed by atoms with Crippen molar-refractivity contribution in [2.75, 3.05) is 0 Å². The molecule has 2 rings (SSSR count). The van der Waals surface area contributed by atoms with Crippen LogP contribution >= 0.6 is 23.4 Å². The minimum atomic E-state index is 0.472. The van der Waals surface area contributed by atoms with Crippen molar-refractivity contribution in [3.8, 4) is 0 Å². The van der Waals surface area contributed by atoms with E-state index in [2.05, 4.69) is 29.0 Å². The lowest BCUT2D eigenvalue weighted by Crippen LogP contribution is -1.95. The lowest BCUT2D eigenvalue weighted by atomic mass is 10.2. The summed E-state index contributed by atoms with van der Waals surface area (Å²) in [5.41, 5.74) is 3.02. The average molecular weight is 265 g/mol. The minimum Gasteiger partial charge on any atom is -0.241 e. The van der Waals surface area contributed by atoms with Crippen molar-refractivity contribution in [2.24, 2.45) is 0 Å². The molecule has 4 heteroatoms. The summed E-state index contributed by atoms with van der Waals surface area (Å²) in [7, 11) is 0. The van der Waals surface area contributed by atoms with E-state index in [1.165, 1.54) is 5.56 Å². The Morgan fingerprint density at radius 2 is 1.76 bits per heavy atom. The number of halogens is 1. The molecule has 17 heavy (non-hydrogen) atoms. The van der Waals surface area contributed by atoms with Gasteiger partial charge in [0.25, 0.3) is 0 Å². The molecule has 2 nitrogen and oxygen atoms in total. The standard InChI is InChI=1S/C13H13ClN2S/c1-8-5-4-6-11(7-8)17-13-12(14)15-9(2)10(3)16-13/h4-7H,1-3H3. The molecule has 1 aromatic carbocycles. The van der Waals surface area contributed by atoms with Crippen LogP contribution in [0.5, 0.6) is 0 Å². The Morgan fingerprint density at radius 3 is 2.47 bits per heavy atom. The molecule has 88 valence electrons. The topological polar surface area (TPSA) is 25.8 Å². The third-order valence-electron chi connectivity index (χ3n) is 2.44. The molecule has 0 spiro atoms. The summed E-state index contributed by atoms with van der Waals surface area (Å²) in [4.78, 5) is 9.87. The number of rotatable bonds is 2. The Balaban J connectivity index is 2.33. The van der Waals surface area contributed by atoms with Crippen molar-refractivity contribution >= 4 is 23.4 Å². The summed E-state index contributed by atoms with van der Waals surface area (Å²) in [6.45, 7) is 5.92. The molecule has 0 aliphatic rings. The highest BCUT2D eigenvalue weighted by Crippen LogP contribution is 2.31. The van der Waals surface area contributed by atoms with Crippen LogP contribution in [-0.4, -0.2) is 9.97 Å². The molecule has 0 saturated heterocycles. The molecular formula is C13H13ClN2S. The monoisotopic (exact) mass is 264 g/mol. The number of hydrogen-bond acceptors (Lipinski definition) is 3. The van der Waals surface area contributed by atoms with Gasteiger partial charge in [-0.05, 0) is 32.9 Å². The Kier molecular flexibility index (Phi) is 3.69. The Bertz CT molecular complexity index is 555. The first-order valence-electron chi connectivity index (χ1n) is 5.31. The van der Waals surface area contributed by atoms with Crippen molar-refractivity contribution < 1.29 is 0 Å². The summed E-state index contributed by atoms with van der Waals surface area (Å²) in [5, 5.41) is 1.24. The minimum absolute atomic E-state index is 0.472. The number of nitrogens with zero attached hydrogens (tertiary/aromatic N) is 2. The zero-order chi connectivity index (χ0) is 12.4. The highest BCUT2D eigenvalue weighted by atomic mass is 35.5.